The van der Waals surface area contributed by atoms with Crippen LogP contribution in [-0.4, -0.2) is 16.5 Å². The van der Waals surface area contributed by atoms with Crippen molar-refractivity contribution >= 4 is 44.3 Å². The summed E-state index contributed by atoms with van der Waals surface area (Å²) in [7, 11) is 0. The number of halogens is 2. The van der Waals surface area contributed by atoms with E-state index in [1.165, 1.54) is 0 Å². The van der Waals surface area contributed by atoms with Gasteiger partial charge in [-0.25, -0.2) is 9.97 Å². The summed E-state index contributed by atoms with van der Waals surface area (Å²) in [5.41, 5.74) is 2.08. The Bertz CT molecular complexity index is 633. The first-order valence-electron chi connectivity index (χ1n) is 6.90. The SMILES string of the molecule is CCNc1nc(-c2ccc(Br)cc2)nc(C(C)(C)C)c1I. The molecule has 3 nitrogen and oxygen atoms in total. The molecule has 1 aromatic carbocycles. The van der Waals surface area contributed by atoms with E-state index in [1.807, 2.05) is 24.3 Å². The van der Waals surface area contributed by atoms with Gasteiger partial charge in [-0.2, -0.15) is 0 Å². The van der Waals surface area contributed by atoms with E-state index < -0.39 is 0 Å². The van der Waals surface area contributed by atoms with Crippen LogP contribution in [-0.2, 0) is 5.41 Å². The molecular weight excluding hydrogens is 441 g/mol. The van der Waals surface area contributed by atoms with Gasteiger partial charge in [-0.15, -0.1) is 0 Å². The third kappa shape index (κ3) is 3.94. The average molecular weight is 460 g/mol. The zero-order chi connectivity index (χ0) is 15.6. The smallest absolute Gasteiger partial charge is 0.161 e. The highest BCUT2D eigenvalue weighted by atomic mass is 127. The van der Waals surface area contributed by atoms with Crippen molar-refractivity contribution in [2.75, 3.05) is 11.9 Å². The van der Waals surface area contributed by atoms with Crippen LogP contribution in [0.5, 0.6) is 0 Å². The van der Waals surface area contributed by atoms with Crippen LogP contribution in [0.3, 0.4) is 0 Å². The van der Waals surface area contributed by atoms with Crippen molar-refractivity contribution in [1.82, 2.24) is 9.97 Å². The lowest BCUT2D eigenvalue weighted by atomic mass is 9.91. The Morgan fingerprint density at radius 3 is 2.29 bits per heavy atom. The van der Waals surface area contributed by atoms with Crippen LogP contribution in [0, 0.1) is 3.57 Å². The van der Waals surface area contributed by atoms with Crippen molar-refractivity contribution in [3.8, 4) is 11.4 Å². The summed E-state index contributed by atoms with van der Waals surface area (Å²) in [6.07, 6.45) is 0. The summed E-state index contributed by atoms with van der Waals surface area (Å²) in [6, 6.07) is 8.10. The first-order valence-corrected chi connectivity index (χ1v) is 8.78. The molecule has 0 amide bonds. The molecule has 1 aromatic heterocycles. The van der Waals surface area contributed by atoms with Crippen molar-refractivity contribution in [2.24, 2.45) is 0 Å². The molecule has 1 N–H and O–H groups in total. The number of hydrogen-bond acceptors (Lipinski definition) is 3. The Morgan fingerprint density at radius 2 is 1.76 bits per heavy atom. The van der Waals surface area contributed by atoms with Crippen LogP contribution in [0.1, 0.15) is 33.4 Å². The van der Waals surface area contributed by atoms with Crippen molar-refractivity contribution in [2.45, 2.75) is 33.1 Å². The van der Waals surface area contributed by atoms with E-state index in [4.69, 9.17) is 9.97 Å². The first kappa shape index (κ1) is 16.7. The van der Waals surface area contributed by atoms with E-state index >= 15 is 0 Å². The van der Waals surface area contributed by atoms with Gasteiger partial charge >= 0.3 is 0 Å². The third-order valence-electron chi connectivity index (χ3n) is 3.01. The van der Waals surface area contributed by atoms with Crippen LogP contribution in [0.4, 0.5) is 5.82 Å². The molecule has 21 heavy (non-hydrogen) atoms. The minimum Gasteiger partial charge on any atom is -0.369 e. The van der Waals surface area contributed by atoms with Gasteiger partial charge in [0.1, 0.15) is 5.82 Å². The van der Waals surface area contributed by atoms with Crippen LogP contribution in [0.15, 0.2) is 28.7 Å². The quantitative estimate of drug-likeness (QED) is 0.637. The van der Waals surface area contributed by atoms with E-state index in [9.17, 15) is 0 Å². The molecular formula is C16H19BrIN3. The molecule has 0 spiro atoms. The second-order valence-electron chi connectivity index (χ2n) is 5.85. The summed E-state index contributed by atoms with van der Waals surface area (Å²) < 4.78 is 2.16. The summed E-state index contributed by atoms with van der Waals surface area (Å²) >= 11 is 5.80. The van der Waals surface area contributed by atoms with Crippen molar-refractivity contribution in [3.63, 3.8) is 0 Å². The summed E-state index contributed by atoms with van der Waals surface area (Å²) in [5.74, 6) is 1.68. The standard InChI is InChI=1S/C16H19BrIN3/c1-5-19-15-12(18)13(16(2,3)4)20-14(21-15)10-6-8-11(17)9-7-10/h6-9H,5H2,1-4H3,(H,19,20,21). The van der Waals surface area contributed by atoms with Gasteiger partial charge < -0.3 is 5.32 Å². The molecule has 0 atom stereocenters. The molecule has 0 radical (unpaired) electrons. The van der Waals surface area contributed by atoms with Crippen molar-refractivity contribution in [1.29, 1.82) is 0 Å². The molecule has 2 aromatic rings. The predicted octanol–water partition coefficient (Wildman–Crippen LogP) is 5.24. The number of anilines is 1. The maximum Gasteiger partial charge on any atom is 0.161 e. The molecule has 0 saturated carbocycles. The number of nitrogens with zero attached hydrogens (tertiary/aromatic N) is 2. The van der Waals surface area contributed by atoms with Gasteiger partial charge in [-0.1, -0.05) is 48.8 Å². The minimum absolute atomic E-state index is 0.0201. The molecule has 1 heterocycles. The number of nitrogens with one attached hydrogen (secondary N) is 1. The lowest BCUT2D eigenvalue weighted by Crippen LogP contribution is -2.19. The van der Waals surface area contributed by atoms with E-state index in [0.717, 1.165) is 37.5 Å². The molecule has 0 aliphatic rings. The summed E-state index contributed by atoms with van der Waals surface area (Å²) in [4.78, 5) is 9.50. The monoisotopic (exact) mass is 459 g/mol. The Balaban J connectivity index is 2.61. The highest BCUT2D eigenvalue weighted by molar-refractivity contribution is 14.1. The summed E-state index contributed by atoms with van der Waals surface area (Å²) in [5, 5.41) is 3.34. The van der Waals surface area contributed by atoms with Gasteiger partial charge in [-0.05, 0) is 41.6 Å². The van der Waals surface area contributed by atoms with Gasteiger partial charge in [0.05, 0.1) is 9.26 Å². The maximum atomic E-state index is 4.81. The average Bonchev–Trinajstić information content (AvgIpc) is 2.41. The third-order valence-corrected chi connectivity index (χ3v) is 4.56. The Hall–Kier alpha value is -0.690. The molecule has 0 saturated heterocycles. The highest BCUT2D eigenvalue weighted by Crippen LogP contribution is 2.31. The van der Waals surface area contributed by atoms with Gasteiger partial charge in [0.25, 0.3) is 0 Å². The number of hydrogen-bond donors (Lipinski definition) is 1. The van der Waals surface area contributed by atoms with Gasteiger partial charge in [0.2, 0.25) is 0 Å². The molecule has 0 aliphatic heterocycles. The molecule has 2 rings (SSSR count). The predicted molar refractivity (Wildman–Crippen MR) is 101 cm³/mol. The van der Waals surface area contributed by atoms with E-state index in [0.29, 0.717) is 0 Å². The normalized spacial score (nSPS) is 11.5. The Labute approximate surface area is 148 Å². The second-order valence-corrected chi connectivity index (χ2v) is 7.84. The van der Waals surface area contributed by atoms with Gasteiger partial charge in [-0.3, -0.25) is 0 Å². The zero-order valence-electron chi connectivity index (χ0n) is 12.7. The number of rotatable bonds is 3. The zero-order valence-corrected chi connectivity index (χ0v) is 16.4. The van der Waals surface area contributed by atoms with Gasteiger partial charge in [0, 0.05) is 22.0 Å². The molecule has 5 heteroatoms. The van der Waals surface area contributed by atoms with Gasteiger partial charge in [0.15, 0.2) is 5.82 Å². The topological polar surface area (TPSA) is 37.8 Å². The molecule has 112 valence electrons. The Morgan fingerprint density at radius 1 is 1.14 bits per heavy atom. The molecule has 0 bridgehead atoms. The second kappa shape index (κ2) is 6.60. The first-order chi connectivity index (χ1) is 9.82. The van der Waals surface area contributed by atoms with E-state index in [2.05, 4.69) is 71.5 Å². The van der Waals surface area contributed by atoms with Crippen LogP contribution < -0.4 is 5.32 Å². The Kier molecular flexibility index (Phi) is 5.24. The molecule has 0 unspecified atom stereocenters. The van der Waals surface area contributed by atoms with Crippen LogP contribution >= 0.6 is 38.5 Å². The lowest BCUT2D eigenvalue weighted by Gasteiger charge is -2.22. The maximum absolute atomic E-state index is 4.81. The number of benzene rings is 1. The fourth-order valence-electron chi connectivity index (χ4n) is 1.96. The largest absolute Gasteiger partial charge is 0.369 e. The van der Waals surface area contributed by atoms with E-state index in [-0.39, 0.29) is 5.41 Å². The molecule has 0 fully saturated rings. The lowest BCUT2D eigenvalue weighted by molar-refractivity contribution is 0.564. The van der Waals surface area contributed by atoms with E-state index in [1.54, 1.807) is 0 Å². The van der Waals surface area contributed by atoms with Crippen LogP contribution in [0.25, 0.3) is 11.4 Å². The highest BCUT2D eigenvalue weighted by Gasteiger charge is 2.23. The minimum atomic E-state index is -0.0201. The summed E-state index contributed by atoms with van der Waals surface area (Å²) in [6.45, 7) is 9.46. The van der Waals surface area contributed by atoms with Crippen molar-refractivity contribution in [3.05, 3.63) is 38.0 Å². The van der Waals surface area contributed by atoms with Crippen LogP contribution in [0.2, 0.25) is 0 Å². The number of aromatic nitrogens is 2. The fourth-order valence-corrected chi connectivity index (χ4v) is 3.46. The molecule has 0 aliphatic carbocycles. The fraction of sp³-hybridized carbons (Fsp3) is 0.375. The van der Waals surface area contributed by atoms with Crippen molar-refractivity contribution < 1.29 is 0 Å².